The van der Waals surface area contributed by atoms with Crippen molar-refractivity contribution in [1.29, 1.82) is 0 Å². The number of benzene rings is 2. The molecule has 0 spiro atoms. The van der Waals surface area contributed by atoms with Crippen LogP contribution in [-0.4, -0.2) is 29.2 Å². The molecule has 150 valence electrons. The first-order valence-corrected chi connectivity index (χ1v) is 10.2. The first kappa shape index (κ1) is 21.1. The van der Waals surface area contributed by atoms with E-state index in [4.69, 9.17) is 21.7 Å². The van der Waals surface area contributed by atoms with E-state index in [1.165, 1.54) is 0 Å². The van der Waals surface area contributed by atoms with Crippen LogP contribution < -0.4 is 14.8 Å². The molecule has 0 saturated carbocycles. The topological polar surface area (TPSA) is 46.6 Å². The molecule has 3 aromatic rings. The molecule has 1 heterocycles. The first-order chi connectivity index (χ1) is 14.1. The number of pyridine rings is 1. The highest BCUT2D eigenvalue weighted by molar-refractivity contribution is 9.10. The Bertz CT molecular complexity index is 952. The highest BCUT2D eigenvalue weighted by Crippen LogP contribution is 2.26. The summed E-state index contributed by atoms with van der Waals surface area (Å²) in [4.78, 5) is 6.29. The van der Waals surface area contributed by atoms with Crippen molar-refractivity contribution in [1.82, 2.24) is 9.88 Å². The van der Waals surface area contributed by atoms with Gasteiger partial charge in [0, 0.05) is 41.2 Å². The molecule has 1 N–H and O–H groups in total. The number of aromatic nitrogens is 1. The quantitative estimate of drug-likeness (QED) is 0.474. The molecule has 3 rings (SSSR count). The van der Waals surface area contributed by atoms with Gasteiger partial charge in [-0.15, -0.1) is 0 Å². The fourth-order valence-electron chi connectivity index (χ4n) is 2.86. The van der Waals surface area contributed by atoms with E-state index in [0.29, 0.717) is 18.2 Å². The van der Waals surface area contributed by atoms with E-state index >= 15 is 0 Å². The molecule has 0 saturated heterocycles. The lowest BCUT2D eigenvalue weighted by Gasteiger charge is -2.27. The van der Waals surface area contributed by atoms with Crippen LogP contribution in [0, 0.1) is 0 Å². The summed E-state index contributed by atoms with van der Waals surface area (Å²) in [5.74, 6) is 1.56. The molecule has 0 radical (unpaired) electrons. The molecule has 0 amide bonds. The summed E-state index contributed by atoms with van der Waals surface area (Å²) < 4.78 is 11.9. The van der Waals surface area contributed by atoms with E-state index in [1.807, 2.05) is 60.8 Å². The van der Waals surface area contributed by atoms with Crippen molar-refractivity contribution in [2.45, 2.75) is 13.1 Å². The van der Waals surface area contributed by atoms with Crippen LogP contribution in [0.4, 0.5) is 5.69 Å². The Morgan fingerprint density at radius 3 is 2.52 bits per heavy atom. The van der Waals surface area contributed by atoms with Crippen LogP contribution in [0.1, 0.15) is 11.1 Å². The summed E-state index contributed by atoms with van der Waals surface area (Å²) in [5, 5.41) is 3.93. The maximum absolute atomic E-state index is 5.74. The summed E-state index contributed by atoms with van der Waals surface area (Å²) in [5.41, 5.74) is 2.97. The van der Waals surface area contributed by atoms with Crippen molar-refractivity contribution in [3.8, 4) is 11.5 Å². The Morgan fingerprint density at radius 2 is 1.86 bits per heavy atom. The number of halogens is 1. The van der Waals surface area contributed by atoms with Gasteiger partial charge in [-0.1, -0.05) is 22.0 Å². The predicted molar refractivity (Wildman–Crippen MR) is 123 cm³/mol. The zero-order chi connectivity index (χ0) is 20.6. The average Bonchev–Trinajstić information content (AvgIpc) is 2.75. The van der Waals surface area contributed by atoms with Crippen molar-refractivity contribution in [3.05, 3.63) is 82.6 Å². The van der Waals surface area contributed by atoms with Gasteiger partial charge in [0.2, 0.25) is 0 Å². The van der Waals surface area contributed by atoms with Crippen LogP contribution >= 0.6 is 28.1 Å². The van der Waals surface area contributed by atoms with Gasteiger partial charge in [-0.3, -0.25) is 4.98 Å². The van der Waals surface area contributed by atoms with Crippen LogP contribution in [0.5, 0.6) is 11.5 Å². The molecule has 0 aliphatic rings. The number of hydrogen-bond acceptors (Lipinski definition) is 4. The smallest absolute Gasteiger partial charge is 0.174 e. The standard InChI is InChI=1S/C22H22BrN3O2S/c1-27-20-9-10-21(28-2)17(12-20)15-26(14-16-4-3-11-24-13-16)22(29)25-19-7-5-18(23)6-8-19/h3-13H,14-15H2,1-2H3,(H,25,29). The number of anilines is 1. The second kappa shape index (κ2) is 10.2. The highest BCUT2D eigenvalue weighted by Gasteiger charge is 2.15. The average molecular weight is 472 g/mol. The first-order valence-electron chi connectivity index (χ1n) is 9.00. The van der Waals surface area contributed by atoms with Crippen LogP contribution in [0.15, 0.2) is 71.5 Å². The Kier molecular flexibility index (Phi) is 7.43. The van der Waals surface area contributed by atoms with Gasteiger partial charge in [0.05, 0.1) is 14.2 Å². The number of methoxy groups -OCH3 is 2. The molecule has 0 aliphatic heterocycles. The minimum atomic E-state index is 0.553. The minimum absolute atomic E-state index is 0.553. The van der Waals surface area contributed by atoms with Gasteiger partial charge in [-0.25, -0.2) is 0 Å². The Morgan fingerprint density at radius 1 is 1.07 bits per heavy atom. The van der Waals surface area contributed by atoms with Gasteiger partial charge in [0.1, 0.15) is 11.5 Å². The van der Waals surface area contributed by atoms with Crippen molar-refractivity contribution < 1.29 is 9.47 Å². The summed E-state index contributed by atoms with van der Waals surface area (Å²) in [6.07, 6.45) is 3.61. The highest BCUT2D eigenvalue weighted by atomic mass is 79.9. The number of rotatable bonds is 7. The van der Waals surface area contributed by atoms with E-state index in [9.17, 15) is 0 Å². The maximum Gasteiger partial charge on any atom is 0.174 e. The molecule has 1 aromatic heterocycles. The summed E-state index contributed by atoms with van der Waals surface area (Å²) in [6.45, 7) is 1.16. The fourth-order valence-corrected chi connectivity index (χ4v) is 3.37. The zero-order valence-corrected chi connectivity index (χ0v) is 18.7. The summed E-state index contributed by atoms with van der Waals surface area (Å²) >= 11 is 9.19. The molecule has 0 bridgehead atoms. The van der Waals surface area contributed by atoms with Crippen molar-refractivity contribution in [3.63, 3.8) is 0 Å². The van der Waals surface area contributed by atoms with Crippen LogP contribution in [0.25, 0.3) is 0 Å². The van der Waals surface area contributed by atoms with Gasteiger partial charge in [-0.05, 0) is 66.3 Å². The van der Waals surface area contributed by atoms with E-state index in [2.05, 4.69) is 31.1 Å². The molecule has 0 unspecified atom stereocenters. The van der Waals surface area contributed by atoms with Gasteiger partial charge < -0.3 is 19.7 Å². The van der Waals surface area contributed by atoms with Crippen LogP contribution in [-0.2, 0) is 13.1 Å². The molecule has 29 heavy (non-hydrogen) atoms. The third-order valence-electron chi connectivity index (χ3n) is 4.33. The third-order valence-corrected chi connectivity index (χ3v) is 5.22. The zero-order valence-electron chi connectivity index (χ0n) is 16.3. The lowest BCUT2D eigenvalue weighted by Crippen LogP contribution is -2.34. The number of thiocarbonyl (C=S) groups is 1. The van der Waals surface area contributed by atoms with Gasteiger partial charge in [0.15, 0.2) is 5.11 Å². The van der Waals surface area contributed by atoms with Gasteiger partial charge in [0.25, 0.3) is 0 Å². The van der Waals surface area contributed by atoms with E-state index < -0.39 is 0 Å². The molecule has 5 nitrogen and oxygen atoms in total. The van der Waals surface area contributed by atoms with Gasteiger partial charge >= 0.3 is 0 Å². The van der Waals surface area contributed by atoms with Crippen molar-refractivity contribution in [2.24, 2.45) is 0 Å². The molecule has 7 heteroatoms. The Labute approximate surface area is 184 Å². The Hall–Kier alpha value is -2.64. The number of ether oxygens (including phenoxy) is 2. The largest absolute Gasteiger partial charge is 0.497 e. The molecule has 0 aliphatic carbocycles. The lowest BCUT2D eigenvalue weighted by molar-refractivity contribution is 0.372. The molecular weight excluding hydrogens is 450 g/mol. The molecule has 0 fully saturated rings. The van der Waals surface area contributed by atoms with Gasteiger partial charge in [-0.2, -0.15) is 0 Å². The predicted octanol–water partition coefficient (Wildman–Crippen LogP) is 5.26. The van der Waals surface area contributed by atoms with Crippen LogP contribution in [0.2, 0.25) is 0 Å². The van der Waals surface area contributed by atoms with Crippen molar-refractivity contribution >= 4 is 38.9 Å². The molecular formula is C22H22BrN3O2S. The SMILES string of the molecule is COc1ccc(OC)c(CN(Cc2cccnc2)C(=S)Nc2ccc(Br)cc2)c1. The minimum Gasteiger partial charge on any atom is -0.497 e. The fraction of sp³-hybridized carbons (Fsp3) is 0.182. The van der Waals surface area contributed by atoms with E-state index in [0.717, 1.165) is 32.8 Å². The molecule has 2 aromatic carbocycles. The normalized spacial score (nSPS) is 10.3. The summed E-state index contributed by atoms with van der Waals surface area (Å²) in [7, 11) is 3.31. The van der Waals surface area contributed by atoms with E-state index in [-0.39, 0.29) is 0 Å². The van der Waals surface area contributed by atoms with Crippen molar-refractivity contribution in [2.75, 3.05) is 19.5 Å². The van der Waals surface area contributed by atoms with E-state index in [1.54, 1.807) is 20.4 Å². The molecule has 0 atom stereocenters. The summed E-state index contributed by atoms with van der Waals surface area (Å²) in [6, 6.07) is 17.6. The number of nitrogens with zero attached hydrogens (tertiary/aromatic N) is 2. The number of hydrogen-bond donors (Lipinski definition) is 1. The number of nitrogens with one attached hydrogen (secondary N) is 1. The van der Waals surface area contributed by atoms with Crippen LogP contribution in [0.3, 0.4) is 0 Å². The Balaban J connectivity index is 1.86. The second-order valence-electron chi connectivity index (χ2n) is 6.33. The monoisotopic (exact) mass is 471 g/mol. The second-order valence-corrected chi connectivity index (χ2v) is 7.63. The maximum atomic E-state index is 5.74. The lowest BCUT2D eigenvalue weighted by atomic mass is 10.1. The third kappa shape index (κ3) is 5.92.